The number of nitrogens with one attached hydrogen (secondary N) is 2. The Balaban J connectivity index is 1.75. The van der Waals surface area contributed by atoms with Gasteiger partial charge in [0.2, 0.25) is 11.8 Å². The van der Waals surface area contributed by atoms with E-state index in [1.807, 2.05) is 39.1 Å². The second-order valence-corrected chi connectivity index (χ2v) is 8.02. The highest BCUT2D eigenvalue weighted by Crippen LogP contribution is 2.33. The number of nitrogens with zero attached hydrogens (tertiary/aromatic N) is 1. The van der Waals surface area contributed by atoms with Gasteiger partial charge < -0.3 is 15.5 Å². The third kappa shape index (κ3) is 4.03. The van der Waals surface area contributed by atoms with Crippen molar-refractivity contribution < 1.29 is 9.59 Å². The van der Waals surface area contributed by atoms with Crippen molar-refractivity contribution in [3.8, 4) is 0 Å². The minimum absolute atomic E-state index is 0.0267. The molecule has 5 nitrogen and oxygen atoms in total. The van der Waals surface area contributed by atoms with E-state index in [0.29, 0.717) is 11.4 Å². The van der Waals surface area contributed by atoms with Gasteiger partial charge in [-0.05, 0) is 64.4 Å². The van der Waals surface area contributed by atoms with Crippen molar-refractivity contribution in [3.05, 3.63) is 23.8 Å². The first-order chi connectivity index (χ1) is 11.9. The van der Waals surface area contributed by atoms with Gasteiger partial charge in [0.15, 0.2) is 0 Å². The number of benzene rings is 1. The molecule has 0 spiro atoms. The number of hydrogen-bond acceptors (Lipinski definition) is 3. The van der Waals surface area contributed by atoms with Crippen molar-refractivity contribution in [1.82, 2.24) is 4.90 Å². The smallest absolute Gasteiger partial charge is 0.231 e. The summed E-state index contributed by atoms with van der Waals surface area (Å²) in [6.07, 6.45) is 5.03. The fourth-order valence-electron chi connectivity index (χ4n) is 3.94. The molecule has 1 aromatic carbocycles. The predicted octanol–water partition coefficient (Wildman–Crippen LogP) is 3.40. The zero-order valence-corrected chi connectivity index (χ0v) is 15.5. The van der Waals surface area contributed by atoms with Crippen LogP contribution in [0.25, 0.3) is 0 Å². The Labute approximate surface area is 150 Å². The van der Waals surface area contributed by atoms with Crippen LogP contribution in [0.5, 0.6) is 0 Å². The van der Waals surface area contributed by atoms with E-state index < -0.39 is 0 Å². The van der Waals surface area contributed by atoms with Crippen molar-refractivity contribution in [2.24, 2.45) is 11.3 Å². The molecule has 0 radical (unpaired) electrons. The van der Waals surface area contributed by atoms with Gasteiger partial charge in [0.05, 0.1) is 16.8 Å². The molecule has 2 amide bonds. The number of carbonyl (C=O) groups excluding carboxylic acids is 2. The maximum absolute atomic E-state index is 12.8. The molecule has 3 rings (SSSR count). The molecule has 1 aliphatic carbocycles. The van der Waals surface area contributed by atoms with Gasteiger partial charge in [-0.25, -0.2) is 0 Å². The third-order valence-corrected chi connectivity index (χ3v) is 5.62. The molecule has 5 heteroatoms. The minimum Gasteiger partial charge on any atom is -0.324 e. The molecule has 1 aromatic rings. The van der Waals surface area contributed by atoms with Crippen LogP contribution in [0.4, 0.5) is 11.4 Å². The zero-order chi connectivity index (χ0) is 18.0. The SMILES string of the molecule is Cc1ccc(NC(=O)C2CCCC2)c(NC(=O)C2(C)CCN(C)C2)c1. The van der Waals surface area contributed by atoms with Gasteiger partial charge in [0.25, 0.3) is 0 Å². The predicted molar refractivity (Wildman–Crippen MR) is 101 cm³/mol. The molecule has 136 valence electrons. The summed E-state index contributed by atoms with van der Waals surface area (Å²) < 4.78 is 0. The van der Waals surface area contributed by atoms with Crippen LogP contribution in [-0.4, -0.2) is 36.9 Å². The van der Waals surface area contributed by atoms with Crippen molar-refractivity contribution in [2.45, 2.75) is 46.0 Å². The van der Waals surface area contributed by atoms with E-state index in [2.05, 4.69) is 15.5 Å². The van der Waals surface area contributed by atoms with Crippen molar-refractivity contribution in [1.29, 1.82) is 0 Å². The van der Waals surface area contributed by atoms with E-state index in [9.17, 15) is 9.59 Å². The van der Waals surface area contributed by atoms with E-state index in [-0.39, 0.29) is 23.1 Å². The monoisotopic (exact) mass is 343 g/mol. The molecular formula is C20H29N3O2. The van der Waals surface area contributed by atoms with Gasteiger partial charge in [-0.3, -0.25) is 9.59 Å². The molecule has 1 heterocycles. The molecule has 0 aromatic heterocycles. The largest absolute Gasteiger partial charge is 0.324 e. The molecule has 2 aliphatic rings. The molecule has 25 heavy (non-hydrogen) atoms. The van der Waals surface area contributed by atoms with Gasteiger partial charge in [0.1, 0.15) is 0 Å². The lowest BCUT2D eigenvalue weighted by molar-refractivity contribution is -0.124. The normalized spacial score (nSPS) is 24.4. The lowest BCUT2D eigenvalue weighted by atomic mass is 9.88. The van der Waals surface area contributed by atoms with Crippen LogP contribution in [0.3, 0.4) is 0 Å². The second kappa shape index (κ2) is 7.16. The fraction of sp³-hybridized carbons (Fsp3) is 0.600. The maximum atomic E-state index is 12.8. The standard InChI is InChI=1S/C20H29N3O2/c1-14-8-9-16(21-18(24)15-6-4-5-7-15)17(12-14)22-19(25)20(2)10-11-23(3)13-20/h8-9,12,15H,4-7,10-11,13H2,1-3H3,(H,21,24)(H,22,25). The van der Waals surface area contributed by atoms with Crippen LogP contribution in [-0.2, 0) is 9.59 Å². The topological polar surface area (TPSA) is 61.4 Å². The van der Waals surface area contributed by atoms with Crippen LogP contribution in [0.1, 0.15) is 44.6 Å². The van der Waals surface area contributed by atoms with Gasteiger partial charge in [-0.2, -0.15) is 0 Å². The Morgan fingerprint density at radius 2 is 1.88 bits per heavy atom. The number of amides is 2. The average Bonchev–Trinajstić information content (AvgIpc) is 3.20. The van der Waals surface area contributed by atoms with E-state index in [4.69, 9.17) is 0 Å². The summed E-state index contributed by atoms with van der Waals surface area (Å²) in [6.45, 7) is 5.69. The molecule has 2 fully saturated rings. The molecule has 1 saturated heterocycles. The number of likely N-dealkylation sites (tertiary alicyclic amines) is 1. The number of carbonyl (C=O) groups is 2. The van der Waals surface area contributed by atoms with Gasteiger partial charge in [-0.1, -0.05) is 18.9 Å². The third-order valence-electron chi connectivity index (χ3n) is 5.62. The first-order valence-corrected chi connectivity index (χ1v) is 9.29. The zero-order valence-electron chi connectivity index (χ0n) is 15.5. The number of aryl methyl sites for hydroxylation is 1. The van der Waals surface area contributed by atoms with Crippen LogP contribution >= 0.6 is 0 Å². The van der Waals surface area contributed by atoms with E-state index in [1.165, 1.54) is 0 Å². The fourth-order valence-corrected chi connectivity index (χ4v) is 3.94. The summed E-state index contributed by atoms with van der Waals surface area (Å²) in [5.74, 6) is 0.202. The van der Waals surface area contributed by atoms with Crippen molar-refractivity contribution in [3.63, 3.8) is 0 Å². The number of hydrogen-bond donors (Lipinski definition) is 2. The van der Waals surface area contributed by atoms with E-state index >= 15 is 0 Å². The Morgan fingerprint density at radius 3 is 2.52 bits per heavy atom. The summed E-state index contributed by atoms with van der Waals surface area (Å²) in [6, 6.07) is 5.79. The average molecular weight is 343 g/mol. The Morgan fingerprint density at radius 1 is 1.16 bits per heavy atom. The molecule has 1 aliphatic heterocycles. The van der Waals surface area contributed by atoms with Gasteiger partial charge in [0, 0.05) is 12.5 Å². The minimum atomic E-state index is -0.384. The van der Waals surface area contributed by atoms with Crippen LogP contribution in [0, 0.1) is 18.3 Å². The molecule has 1 saturated carbocycles. The van der Waals surface area contributed by atoms with Gasteiger partial charge in [-0.15, -0.1) is 0 Å². The van der Waals surface area contributed by atoms with Crippen molar-refractivity contribution in [2.75, 3.05) is 30.8 Å². The van der Waals surface area contributed by atoms with E-state index in [0.717, 1.165) is 50.8 Å². The lowest BCUT2D eigenvalue weighted by Gasteiger charge is -2.24. The lowest BCUT2D eigenvalue weighted by Crippen LogP contribution is -2.36. The Bertz CT molecular complexity index is 667. The van der Waals surface area contributed by atoms with E-state index in [1.54, 1.807) is 0 Å². The van der Waals surface area contributed by atoms with Crippen molar-refractivity contribution >= 4 is 23.2 Å². The first-order valence-electron chi connectivity index (χ1n) is 9.29. The highest BCUT2D eigenvalue weighted by molar-refractivity contribution is 6.02. The van der Waals surface area contributed by atoms with Crippen LogP contribution in [0.2, 0.25) is 0 Å². The Hall–Kier alpha value is -1.88. The Kier molecular flexibility index (Phi) is 5.13. The molecule has 0 bridgehead atoms. The molecular weight excluding hydrogens is 314 g/mol. The van der Waals surface area contributed by atoms with Gasteiger partial charge >= 0.3 is 0 Å². The quantitative estimate of drug-likeness (QED) is 0.881. The highest BCUT2D eigenvalue weighted by atomic mass is 16.2. The number of anilines is 2. The summed E-state index contributed by atoms with van der Waals surface area (Å²) in [5.41, 5.74) is 2.08. The summed E-state index contributed by atoms with van der Waals surface area (Å²) in [5, 5.41) is 6.10. The summed E-state index contributed by atoms with van der Waals surface area (Å²) in [7, 11) is 2.04. The summed E-state index contributed by atoms with van der Waals surface area (Å²) >= 11 is 0. The summed E-state index contributed by atoms with van der Waals surface area (Å²) in [4.78, 5) is 27.5. The second-order valence-electron chi connectivity index (χ2n) is 8.02. The van der Waals surface area contributed by atoms with Crippen LogP contribution < -0.4 is 10.6 Å². The molecule has 1 atom stereocenters. The first kappa shape index (κ1) is 17.9. The molecule has 2 N–H and O–H groups in total. The highest BCUT2D eigenvalue weighted by Gasteiger charge is 2.39. The van der Waals surface area contributed by atoms with Crippen LogP contribution in [0.15, 0.2) is 18.2 Å². The maximum Gasteiger partial charge on any atom is 0.231 e. The number of rotatable bonds is 4. The molecule has 1 unspecified atom stereocenters.